The highest BCUT2D eigenvalue weighted by molar-refractivity contribution is 5.61. The summed E-state index contributed by atoms with van der Waals surface area (Å²) >= 11 is 0. The second-order valence-electron chi connectivity index (χ2n) is 4.04. The third-order valence-electron chi connectivity index (χ3n) is 2.61. The van der Waals surface area contributed by atoms with E-state index >= 15 is 0 Å². The zero-order valence-corrected chi connectivity index (χ0v) is 9.38. The Kier molecular flexibility index (Phi) is 2.74. The van der Waals surface area contributed by atoms with Crippen LogP contribution in [0.3, 0.4) is 0 Å². The maximum Gasteiger partial charge on any atom is 0.203 e. The molecule has 6 heteroatoms. The van der Waals surface area contributed by atoms with E-state index in [0.29, 0.717) is 24.4 Å². The fourth-order valence-corrected chi connectivity index (χ4v) is 1.28. The van der Waals surface area contributed by atoms with Crippen molar-refractivity contribution in [1.29, 1.82) is 0 Å². The molecule has 0 fully saturated rings. The second kappa shape index (κ2) is 4.05. The Morgan fingerprint density at radius 1 is 1.56 bits per heavy atom. The summed E-state index contributed by atoms with van der Waals surface area (Å²) in [6.45, 7) is 4.15. The molecular weight excluding hydrogens is 206 g/mol. The standard InChI is InChI=1S/C10H15N5O/c1-3-10(2,16)6-12-8-9-14-13-7-15(9)5-4-11-8/h4-5,7,16H,3,6H2,1-2H3,(H,11,12). The number of nitrogens with zero attached hydrogens (tertiary/aromatic N) is 4. The first-order chi connectivity index (χ1) is 7.62. The van der Waals surface area contributed by atoms with Crippen molar-refractivity contribution in [3.05, 3.63) is 18.7 Å². The van der Waals surface area contributed by atoms with Crippen molar-refractivity contribution >= 4 is 11.5 Å². The summed E-state index contributed by atoms with van der Waals surface area (Å²) in [6.07, 6.45) is 5.73. The Hall–Kier alpha value is -1.69. The van der Waals surface area contributed by atoms with Gasteiger partial charge in [-0.2, -0.15) is 0 Å². The summed E-state index contributed by atoms with van der Waals surface area (Å²) in [7, 11) is 0. The molecule has 0 aromatic carbocycles. The van der Waals surface area contributed by atoms with Crippen LogP contribution in [0.25, 0.3) is 5.65 Å². The van der Waals surface area contributed by atoms with Crippen molar-refractivity contribution in [2.45, 2.75) is 25.9 Å². The van der Waals surface area contributed by atoms with Crippen molar-refractivity contribution in [3.8, 4) is 0 Å². The molecule has 2 heterocycles. The van der Waals surface area contributed by atoms with Gasteiger partial charge in [-0.25, -0.2) is 4.98 Å². The molecule has 0 spiro atoms. The van der Waals surface area contributed by atoms with E-state index in [-0.39, 0.29) is 0 Å². The van der Waals surface area contributed by atoms with E-state index in [1.807, 2.05) is 6.92 Å². The van der Waals surface area contributed by atoms with Crippen LogP contribution >= 0.6 is 0 Å². The number of aromatic nitrogens is 4. The number of fused-ring (bicyclic) bond motifs is 1. The highest BCUT2D eigenvalue weighted by atomic mass is 16.3. The van der Waals surface area contributed by atoms with Gasteiger partial charge in [0.25, 0.3) is 0 Å². The van der Waals surface area contributed by atoms with E-state index in [1.54, 1.807) is 30.0 Å². The highest BCUT2D eigenvalue weighted by Crippen LogP contribution is 2.13. The van der Waals surface area contributed by atoms with Gasteiger partial charge >= 0.3 is 0 Å². The summed E-state index contributed by atoms with van der Waals surface area (Å²) in [6, 6.07) is 0. The van der Waals surface area contributed by atoms with Gasteiger partial charge in [0.05, 0.1) is 5.60 Å². The number of anilines is 1. The molecule has 0 aliphatic carbocycles. The zero-order valence-electron chi connectivity index (χ0n) is 9.38. The first-order valence-electron chi connectivity index (χ1n) is 5.23. The van der Waals surface area contributed by atoms with Crippen molar-refractivity contribution in [1.82, 2.24) is 19.6 Å². The molecule has 2 aromatic rings. The van der Waals surface area contributed by atoms with Gasteiger partial charge in [0, 0.05) is 18.9 Å². The third kappa shape index (κ3) is 2.11. The van der Waals surface area contributed by atoms with E-state index < -0.39 is 5.60 Å². The van der Waals surface area contributed by atoms with Crippen LogP contribution in [-0.2, 0) is 0 Å². The van der Waals surface area contributed by atoms with Crippen molar-refractivity contribution in [3.63, 3.8) is 0 Å². The summed E-state index contributed by atoms with van der Waals surface area (Å²) in [5, 5.41) is 20.7. The second-order valence-corrected chi connectivity index (χ2v) is 4.04. The first kappa shape index (κ1) is 10.8. The largest absolute Gasteiger partial charge is 0.388 e. The summed E-state index contributed by atoms with van der Waals surface area (Å²) in [5.41, 5.74) is -0.0801. The maximum absolute atomic E-state index is 9.87. The van der Waals surface area contributed by atoms with Crippen molar-refractivity contribution < 1.29 is 5.11 Å². The topological polar surface area (TPSA) is 75.3 Å². The van der Waals surface area contributed by atoms with Gasteiger partial charge < -0.3 is 10.4 Å². The van der Waals surface area contributed by atoms with Crippen LogP contribution in [0, 0.1) is 0 Å². The Bertz CT molecular complexity index is 479. The number of nitrogens with one attached hydrogen (secondary N) is 1. The smallest absolute Gasteiger partial charge is 0.203 e. The van der Waals surface area contributed by atoms with E-state index in [2.05, 4.69) is 20.5 Å². The third-order valence-corrected chi connectivity index (χ3v) is 2.61. The Morgan fingerprint density at radius 2 is 2.38 bits per heavy atom. The van der Waals surface area contributed by atoms with Gasteiger partial charge in [-0.05, 0) is 13.3 Å². The lowest BCUT2D eigenvalue weighted by atomic mass is 10.0. The quantitative estimate of drug-likeness (QED) is 0.794. The molecule has 16 heavy (non-hydrogen) atoms. The molecule has 6 nitrogen and oxygen atoms in total. The van der Waals surface area contributed by atoms with Crippen LogP contribution in [0.4, 0.5) is 5.82 Å². The lowest BCUT2D eigenvalue weighted by Gasteiger charge is -2.21. The molecule has 0 aliphatic heterocycles. The minimum absolute atomic E-state index is 0.434. The summed E-state index contributed by atoms with van der Waals surface area (Å²) in [5.74, 6) is 0.633. The molecule has 0 bridgehead atoms. The van der Waals surface area contributed by atoms with Gasteiger partial charge in [0.1, 0.15) is 6.33 Å². The van der Waals surface area contributed by atoms with Crippen LogP contribution in [0.15, 0.2) is 18.7 Å². The lowest BCUT2D eigenvalue weighted by molar-refractivity contribution is 0.0697. The molecule has 2 N–H and O–H groups in total. The molecular formula is C10H15N5O. The highest BCUT2D eigenvalue weighted by Gasteiger charge is 2.17. The maximum atomic E-state index is 9.87. The van der Waals surface area contributed by atoms with Gasteiger partial charge in [0.15, 0.2) is 5.82 Å². The van der Waals surface area contributed by atoms with E-state index in [0.717, 1.165) is 0 Å². The molecule has 1 unspecified atom stereocenters. The van der Waals surface area contributed by atoms with Crippen LogP contribution in [0.2, 0.25) is 0 Å². The molecule has 2 rings (SSSR count). The minimum Gasteiger partial charge on any atom is -0.388 e. The predicted octanol–water partition coefficient (Wildman–Crippen LogP) is 0.697. The molecule has 0 saturated heterocycles. The number of rotatable bonds is 4. The fraction of sp³-hybridized carbons (Fsp3) is 0.500. The van der Waals surface area contributed by atoms with E-state index in [9.17, 15) is 5.11 Å². The zero-order chi connectivity index (χ0) is 11.6. The van der Waals surface area contributed by atoms with Crippen LogP contribution < -0.4 is 5.32 Å². The SMILES string of the molecule is CCC(C)(O)CNc1nccn2cnnc12. The molecule has 2 aromatic heterocycles. The van der Waals surface area contributed by atoms with Crippen LogP contribution in [-0.4, -0.2) is 36.8 Å². The monoisotopic (exact) mass is 221 g/mol. The van der Waals surface area contributed by atoms with Gasteiger partial charge in [-0.1, -0.05) is 6.92 Å². The molecule has 0 radical (unpaired) electrons. The number of hydrogen-bond acceptors (Lipinski definition) is 5. The average molecular weight is 221 g/mol. The van der Waals surface area contributed by atoms with Crippen LogP contribution in [0.1, 0.15) is 20.3 Å². The number of hydrogen-bond donors (Lipinski definition) is 2. The van der Waals surface area contributed by atoms with Gasteiger partial charge in [-0.3, -0.25) is 4.40 Å². The van der Waals surface area contributed by atoms with Crippen molar-refractivity contribution in [2.24, 2.45) is 0 Å². The normalized spacial score (nSPS) is 14.9. The first-order valence-corrected chi connectivity index (χ1v) is 5.23. The van der Waals surface area contributed by atoms with Gasteiger partial charge in [0.2, 0.25) is 5.65 Å². The fourth-order valence-electron chi connectivity index (χ4n) is 1.28. The van der Waals surface area contributed by atoms with Crippen LogP contribution in [0.5, 0.6) is 0 Å². The Balaban J connectivity index is 2.18. The van der Waals surface area contributed by atoms with Crippen molar-refractivity contribution in [2.75, 3.05) is 11.9 Å². The van der Waals surface area contributed by atoms with Gasteiger partial charge in [-0.15, -0.1) is 10.2 Å². The Labute approximate surface area is 93.3 Å². The minimum atomic E-state index is -0.742. The predicted molar refractivity (Wildman–Crippen MR) is 60.2 cm³/mol. The van der Waals surface area contributed by atoms with E-state index in [1.165, 1.54) is 0 Å². The molecule has 1 atom stereocenters. The summed E-state index contributed by atoms with van der Waals surface area (Å²) in [4.78, 5) is 4.17. The molecule has 86 valence electrons. The molecule has 0 amide bonds. The summed E-state index contributed by atoms with van der Waals surface area (Å²) < 4.78 is 1.77. The number of aliphatic hydroxyl groups is 1. The average Bonchev–Trinajstić information content (AvgIpc) is 2.75. The molecule has 0 aliphatic rings. The lowest BCUT2D eigenvalue weighted by Crippen LogP contribution is -2.32. The Morgan fingerprint density at radius 3 is 3.12 bits per heavy atom. The molecule has 0 saturated carbocycles. The van der Waals surface area contributed by atoms with E-state index in [4.69, 9.17) is 0 Å².